The summed E-state index contributed by atoms with van der Waals surface area (Å²) in [5.41, 5.74) is 39.6. The van der Waals surface area contributed by atoms with Gasteiger partial charge in [0.15, 0.2) is 11.9 Å². The zero-order valence-electron chi connectivity index (χ0n) is 66.3. The molecule has 1 heterocycles. The number of benzene rings is 1. The van der Waals surface area contributed by atoms with Gasteiger partial charge in [-0.2, -0.15) is 0 Å². The van der Waals surface area contributed by atoms with E-state index in [1.54, 1.807) is 71.9 Å². The minimum atomic E-state index is -1.83. The first-order valence-electron chi connectivity index (χ1n) is 38.2. The monoisotopic (exact) mass is 1640 g/mol. The predicted molar refractivity (Wildman–Crippen MR) is 419 cm³/mol. The molecule has 1 aromatic heterocycles. The molecule has 0 bridgehead atoms. The van der Waals surface area contributed by atoms with Gasteiger partial charge in [0.2, 0.25) is 88.6 Å². The highest BCUT2D eigenvalue weighted by Gasteiger charge is 2.39. The van der Waals surface area contributed by atoms with Crippen molar-refractivity contribution in [1.29, 1.82) is 10.8 Å². The maximum Gasteiger partial charge on any atom is 0.326 e. The number of aromatic amines is 1. The fourth-order valence-electron chi connectivity index (χ4n) is 11.5. The summed E-state index contributed by atoms with van der Waals surface area (Å²) in [6.07, 6.45) is -0.991. The number of primary amides is 3. The molecule has 646 valence electrons. The number of carboxylic acids is 2. The molecule has 0 aliphatic rings. The van der Waals surface area contributed by atoms with Gasteiger partial charge in [0, 0.05) is 51.4 Å². The molecule has 116 heavy (non-hydrogen) atoms. The van der Waals surface area contributed by atoms with Gasteiger partial charge >= 0.3 is 11.9 Å². The molecule has 44 nitrogen and oxygen atoms in total. The molecule has 13 atom stereocenters. The molecule has 0 unspecified atom stereocenters. The van der Waals surface area contributed by atoms with E-state index in [1.165, 1.54) is 12.5 Å². The van der Waals surface area contributed by atoms with Gasteiger partial charge < -0.3 is 130 Å². The number of rotatable bonds is 58. The number of carbonyl (C=O) groups is 17. The highest BCUT2D eigenvalue weighted by molar-refractivity contribution is 6.00. The van der Waals surface area contributed by atoms with E-state index in [2.05, 4.69) is 84.4 Å². The van der Waals surface area contributed by atoms with E-state index in [1.807, 2.05) is 0 Å². The van der Waals surface area contributed by atoms with Crippen molar-refractivity contribution in [3.8, 4) is 0 Å². The van der Waals surface area contributed by atoms with Gasteiger partial charge in [-0.15, -0.1) is 0 Å². The van der Waals surface area contributed by atoms with E-state index in [-0.39, 0.29) is 121 Å². The maximum atomic E-state index is 14.9. The molecule has 44 heteroatoms. The SMILES string of the molecule is CC[C@H](C)[C@H](NC(=O)[C@H](Cc1ccccc1)NC(=O)[C@H](CCCNC(=N)N)NC(=O)[C@H](CC(N)=O)NC(=O)CNC(=O)[C@H](Cc1c[nH]cn1)NC(=O)[C@@H](N)CCC(N)=O)C(=O)N[C@@H](CCC(N)=O)C(=O)N[C@@H](CC(C)C)C(=O)N[C@@H](CCCCN)C(=O)N[C@@H](CC(C)C)C(=O)N[C@@H](CCC(=O)O)C(=O)N[C@@H](CCCNC(=N)N)C(=O)O. The van der Waals surface area contributed by atoms with Crippen LogP contribution in [0.3, 0.4) is 0 Å². The highest BCUT2D eigenvalue weighted by Crippen LogP contribution is 2.16. The molecular formula is C72H119N25O19. The number of H-pyrrole nitrogens is 1. The quantitative estimate of drug-likeness (QED) is 0.0166. The lowest BCUT2D eigenvalue weighted by Gasteiger charge is -2.30. The van der Waals surface area contributed by atoms with Crippen molar-refractivity contribution in [3.05, 3.63) is 54.1 Å². The third-order valence-electron chi connectivity index (χ3n) is 17.9. The molecule has 15 amide bonds. The Kier molecular flexibility index (Phi) is 45.7. The van der Waals surface area contributed by atoms with E-state index in [4.69, 9.17) is 51.0 Å². The Bertz CT molecular complexity index is 3650. The van der Waals surface area contributed by atoms with Crippen molar-refractivity contribution in [2.45, 2.75) is 236 Å². The van der Waals surface area contributed by atoms with Crippen molar-refractivity contribution < 1.29 is 91.7 Å². The van der Waals surface area contributed by atoms with Crippen LogP contribution in [0.5, 0.6) is 0 Å². The molecule has 2 aromatic rings. The topological polar surface area (TPSA) is 758 Å². The fourth-order valence-corrected chi connectivity index (χ4v) is 11.5. The van der Waals surface area contributed by atoms with Gasteiger partial charge in [-0.25, -0.2) is 9.78 Å². The number of nitrogens with one attached hydrogen (secondary N) is 17. The third-order valence-corrected chi connectivity index (χ3v) is 17.9. The summed E-state index contributed by atoms with van der Waals surface area (Å²) in [6.45, 7) is 9.41. The molecule has 0 saturated carbocycles. The fraction of sp³-hybridized carbons (Fsp3) is 0.611. The summed E-state index contributed by atoms with van der Waals surface area (Å²) in [4.78, 5) is 237. The zero-order valence-corrected chi connectivity index (χ0v) is 66.3. The Morgan fingerprint density at radius 2 is 0.871 bits per heavy atom. The van der Waals surface area contributed by atoms with Crippen LogP contribution in [-0.4, -0.2) is 231 Å². The largest absolute Gasteiger partial charge is 0.481 e. The molecule has 0 fully saturated rings. The number of guanidine groups is 2. The number of aromatic nitrogens is 2. The molecule has 0 aliphatic heterocycles. The van der Waals surface area contributed by atoms with E-state index in [9.17, 15) is 91.7 Å². The van der Waals surface area contributed by atoms with Crippen LogP contribution in [0.15, 0.2) is 42.9 Å². The molecule has 0 radical (unpaired) electrons. The molecular weight excluding hydrogens is 1520 g/mol. The Morgan fingerprint density at radius 3 is 1.33 bits per heavy atom. The second-order valence-corrected chi connectivity index (χ2v) is 28.8. The number of aliphatic carboxylic acids is 2. The standard InChI is InChI=1S/C72H119N25O19/c1-7-39(6)58(97-68(113)50(31-40-15-9-8-10-16-40)96-62(107)44(18-13-27-83-71(78)79)89-67(112)52(33-55(77)100)87-56(101)35-85-60(105)51(32-41-34-82-36-86-41)93-59(104)42(74)20-23-53(75)98)69(114)91-45(21-24-54(76)99)64(109)95-48(29-37(2)3)65(110)88-43(17-11-12-26-73)61(106)94-49(30-38(4)5)66(111)90-46(22-25-57(102)103)63(108)92-47(70(115)116)19-14-28-84-72(80)81/h8-10,15-16,34,36-39,42-52,58H,7,11-14,17-33,35,73-74H2,1-6H3,(H2,75,98)(H2,76,99)(H2,77,100)(H,82,86)(H,85,105)(H,87,101)(H,88,110)(H,89,112)(H,90,111)(H,91,114)(H,92,108)(H,93,104)(H,94,106)(H,95,109)(H,96,107)(H,97,113)(H,102,103)(H,115,116)(H4,78,79,83)(H4,80,81,84)/t39-,42-,43-,44-,45-,46-,47-,48-,49-,50-,51-,52-,58-/m0/s1. The normalized spacial score (nSPS) is 14.4. The number of hydrogen-bond donors (Lipinski definition) is 26. The summed E-state index contributed by atoms with van der Waals surface area (Å²) >= 11 is 0. The van der Waals surface area contributed by atoms with Crippen LogP contribution in [0.25, 0.3) is 0 Å². The lowest BCUT2D eigenvalue weighted by molar-refractivity contribution is -0.143. The molecule has 0 aliphatic carbocycles. The number of unbranched alkanes of at least 4 members (excludes halogenated alkanes) is 1. The van der Waals surface area contributed by atoms with Crippen molar-refractivity contribution in [2.24, 2.45) is 57.9 Å². The number of imidazole rings is 1. The van der Waals surface area contributed by atoms with Crippen LogP contribution in [0.2, 0.25) is 0 Å². The minimum Gasteiger partial charge on any atom is -0.481 e. The van der Waals surface area contributed by atoms with Gasteiger partial charge in [-0.1, -0.05) is 78.3 Å². The second-order valence-electron chi connectivity index (χ2n) is 28.8. The van der Waals surface area contributed by atoms with Gasteiger partial charge in [-0.05, 0) is 107 Å². The van der Waals surface area contributed by atoms with E-state index in [0.717, 1.165) is 0 Å². The van der Waals surface area contributed by atoms with Gasteiger partial charge in [0.1, 0.15) is 66.5 Å². The van der Waals surface area contributed by atoms with Crippen LogP contribution >= 0.6 is 0 Å². The van der Waals surface area contributed by atoms with Crippen molar-refractivity contribution in [1.82, 2.24) is 84.4 Å². The number of carboxylic acid groups (broad SMARTS) is 2. The van der Waals surface area contributed by atoms with Gasteiger partial charge in [0.25, 0.3) is 0 Å². The van der Waals surface area contributed by atoms with Crippen LogP contribution in [0.4, 0.5) is 0 Å². The molecule has 0 spiro atoms. The summed E-state index contributed by atoms with van der Waals surface area (Å²) in [7, 11) is 0. The number of nitrogens with two attached hydrogens (primary N) is 7. The van der Waals surface area contributed by atoms with Gasteiger partial charge in [-0.3, -0.25) is 87.5 Å². The van der Waals surface area contributed by atoms with Crippen molar-refractivity contribution in [3.63, 3.8) is 0 Å². The summed E-state index contributed by atoms with van der Waals surface area (Å²) in [5, 5.41) is 69.6. The Hall–Kier alpha value is -12.1. The van der Waals surface area contributed by atoms with Crippen LogP contribution in [0, 0.1) is 28.6 Å². The number of amides is 15. The Morgan fingerprint density at radius 1 is 0.448 bits per heavy atom. The lowest BCUT2D eigenvalue weighted by Crippen LogP contribution is -2.61. The average Bonchev–Trinajstić information content (AvgIpc) is 0.864. The van der Waals surface area contributed by atoms with Crippen molar-refractivity contribution >= 4 is 112 Å². The molecule has 1 aromatic carbocycles. The first-order chi connectivity index (χ1) is 54.6. The van der Waals surface area contributed by atoms with Crippen LogP contribution in [0.1, 0.15) is 162 Å². The van der Waals surface area contributed by atoms with Crippen molar-refractivity contribution in [2.75, 3.05) is 26.2 Å². The number of carbonyl (C=O) groups excluding carboxylic acids is 15. The highest BCUT2D eigenvalue weighted by atomic mass is 16.4. The second kappa shape index (κ2) is 53.0. The number of hydrogen-bond acceptors (Lipinski definition) is 22. The maximum absolute atomic E-state index is 14.9. The predicted octanol–water partition coefficient (Wildman–Crippen LogP) is -6.88. The average molecular weight is 1640 g/mol. The van der Waals surface area contributed by atoms with Crippen LogP contribution < -0.4 is 115 Å². The lowest BCUT2D eigenvalue weighted by atomic mass is 9.96. The first-order valence-corrected chi connectivity index (χ1v) is 38.2. The Balaban J connectivity index is 2.58. The van der Waals surface area contributed by atoms with Crippen LogP contribution in [-0.2, 0) is 94.3 Å². The van der Waals surface area contributed by atoms with E-state index in [0.29, 0.717) is 17.7 Å². The molecule has 33 N–H and O–H groups in total. The Labute approximate surface area is 671 Å². The third kappa shape index (κ3) is 40.6. The van der Waals surface area contributed by atoms with E-state index >= 15 is 0 Å². The summed E-state index contributed by atoms with van der Waals surface area (Å²) in [5.74, 6) is -19.8. The zero-order chi connectivity index (χ0) is 87.3. The summed E-state index contributed by atoms with van der Waals surface area (Å²) < 4.78 is 0. The minimum absolute atomic E-state index is 0.00429. The van der Waals surface area contributed by atoms with E-state index < -0.39 is 224 Å². The molecule has 0 saturated heterocycles. The molecule has 2 rings (SSSR count). The summed E-state index contributed by atoms with van der Waals surface area (Å²) in [6, 6.07) is -10.3. The first kappa shape index (κ1) is 100.0. The van der Waals surface area contributed by atoms with Gasteiger partial charge in [0.05, 0.1) is 31.0 Å². The number of nitrogens with zero attached hydrogens (tertiary/aromatic N) is 1. The smallest absolute Gasteiger partial charge is 0.326 e.